The first-order valence-electron chi connectivity index (χ1n) is 6.26. The first-order valence-corrected chi connectivity index (χ1v) is 6.26. The second-order valence-electron chi connectivity index (χ2n) is 4.23. The number of ether oxygens (including phenoxy) is 2. The van der Waals surface area contributed by atoms with Crippen LogP contribution < -0.4 is 5.32 Å². The maximum Gasteiger partial charge on any atom is 0.326 e. The Morgan fingerprint density at radius 3 is 2.65 bits per heavy atom. The zero-order valence-electron chi connectivity index (χ0n) is 11.7. The van der Waals surface area contributed by atoms with Gasteiger partial charge in [-0.3, -0.25) is 4.79 Å². The van der Waals surface area contributed by atoms with Crippen LogP contribution in [0.25, 0.3) is 0 Å². The van der Waals surface area contributed by atoms with Crippen LogP contribution in [0.3, 0.4) is 0 Å². The summed E-state index contributed by atoms with van der Waals surface area (Å²) in [6, 6.07) is 2.41. The van der Waals surface area contributed by atoms with Crippen LogP contribution in [0.2, 0.25) is 0 Å². The fourth-order valence-electron chi connectivity index (χ4n) is 1.73. The number of aliphatic carboxylic acids is 1. The lowest BCUT2D eigenvalue weighted by Gasteiger charge is -2.15. The largest absolute Gasteiger partial charge is 0.480 e. The summed E-state index contributed by atoms with van der Waals surface area (Å²) in [6.45, 7) is 1.27. The molecule has 2 N–H and O–H groups in total. The third-order valence-electron chi connectivity index (χ3n) is 2.81. The molecule has 0 aliphatic rings. The van der Waals surface area contributed by atoms with E-state index in [1.807, 2.05) is 0 Å². The van der Waals surface area contributed by atoms with Crippen molar-refractivity contribution in [3.8, 4) is 0 Å². The minimum atomic E-state index is -1.08. The molecule has 1 unspecified atom stereocenters. The number of aromatic nitrogens is 1. The number of amides is 1. The second kappa shape index (κ2) is 8.34. The van der Waals surface area contributed by atoms with E-state index in [0.29, 0.717) is 18.8 Å². The van der Waals surface area contributed by atoms with Crippen molar-refractivity contribution in [1.29, 1.82) is 0 Å². The second-order valence-corrected chi connectivity index (χ2v) is 4.23. The van der Waals surface area contributed by atoms with Gasteiger partial charge in [-0.2, -0.15) is 0 Å². The predicted octanol–water partition coefficient (Wildman–Crippen LogP) is 0.354. The fourth-order valence-corrected chi connectivity index (χ4v) is 1.73. The molecule has 0 aliphatic carbocycles. The Balaban J connectivity index is 2.68. The standard InChI is InChI=1S/C13H20N2O5/c1-19-8-5-10(13(17)18)14-12(16)11-4-3-6-15(11)7-9-20-2/h3-4,6,10H,5,7-9H2,1-2H3,(H,14,16)(H,17,18). The summed E-state index contributed by atoms with van der Waals surface area (Å²) < 4.78 is 11.5. The van der Waals surface area contributed by atoms with Gasteiger partial charge in [-0.1, -0.05) is 0 Å². The van der Waals surface area contributed by atoms with Crippen molar-refractivity contribution in [2.45, 2.75) is 19.0 Å². The molecule has 7 nitrogen and oxygen atoms in total. The van der Waals surface area contributed by atoms with Gasteiger partial charge >= 0.3 is 5.97 Å². The van der Waals surface area contributed by atoms with Crippen LogP contribution in [-0.2, 0) is 20.8 Å². The van der Waals surface area contributed by atoms with Gasteiger partial charge in [0.05, 0.1) is 6.61 Å². The highest BCUT2D eigenvalue weighted by atomic mass is 16.5. The highest BCUT2D eigenvalue weighted by Gasteiger charge is 2.21. The number of carbonyl (C=O) groups excluding carboxylic acids is 1. The van der Waals surface area contributed by atoms with Gasteiger partial charge in [-0.05, 0) is 12.1 Å². The molecule has 0 saturated carbocycles. The van der Waals surface area contributed by atoms with Crippen molar-refractivity contribution in [2.24, 2.45) is 0 Å². The molecule has 0 fully saturated rings. The van der Waals surface area contributed by atoms with Crippen molar-refractivity contribution < 1.29 is 24.2 Å². The maximum atomic E-state index is 12.1. The van der Waals surface area contributed by atoms with E-state index in [-0.39, 0.29) is 13.0 Å². The summed E-state index contributed by atoms with van der Waals surface area (Å²) in [5, 5.41) is 11.6. The molecule has 1 amide bonds. The lowest BCUT2D eigenvalue weighted by atomic mass is 10.2. The number of rotatable bonds is 9. The molecule has 7 heteroatoms. The molecule has 1 heterocycles. The predicted molar refractivity (Wildman–Crippen MR) is 71.7 cm³/mol. The van der Waals surface area contributed by atoms with Crippen molar-refractivity contribution >= 4 is 11.9 Å². The molecule has 1 aromatic rings. The average molecular weight is 284 g/mol. The lowest BCUT2D eigenvalue weighted by molar-refractivity contribution is -0.139. The van der Waals surface area contributed by atoms with Gasteiger partial charge in [0.2, 0.25) is 0 Å². The van der Waals surface area contributed by atoms with Crippen LogP contribution in [0.5, 0.6) is 0 Å². The van der Waals surface area contributed by atoms with Gasteiger partial charge in [0, 0.05) is 40.0 Å². The monoisotopic (exact) mass is 284 g/mol. The van der Waals surface area contributed by atoms with Crippen LogP contribution in [0.1, 0.15) is 16.9 Å². The third-order valence-corrected chi connectivity index (χ3v) is 2.81. The normalized spacial score (nSPS) is 12.1. The summed E-state index contributed by atoms with van der Waals surface area (Å²) >= 11 is 0. The molecule has 20 heavy (non-hydrogen) atoms. The van der Waals surface area contributed by atoms with Gasteiger partial charge in [-0.25, -0.2) is 4.79 Å². The molecular formula is C13H20N2O5. The summed E-state index contributed by atoms with van der Waals surface area (Å²) in [5.74, 6) is -1.50. The minimum absolute atomic E-state index is 0.219. The van der Waals surface area contributed by atoms with Crippen LogP contribution in [0, 0.1) is 0 Å². The summed E-state index contributed by atoms with van der Waals surface area (Å²) in [6.07, 6.45) is 1.97. The highest BCUT2D eigenvalue weighted by molar-refractivity contribution is 5.95. The number of nitrogens with one attached hydrogen (secondary N) is 1. The maximum absolute atomic E-state index is 12.1. The molecule has 0 saturated heterocycles. The number of carboxylic acid groups (broad SMARTS) is 1. The minimum Gasteiger partial charge on any atom is -0.480 e. The van der Waals surface area contributed by atoms with Crippen molar-refractivity contribution in [3.63, 3.8) is 0 Å². The third kappa shape index (κ3) is 4.67. The SMILES string of the molecule is COCCC(NC(=O)c1cccn1CCOC)C(=O)O. The molecule has 0 aliphatic heterocycles. The first kappa shape index (κ1) is 16.2. The number of carboxylic acids is 1. The number of nitrogens with zero attached hydrogens (tertiary/aromatic N) is 1. The number of methoxy groups -OCH3 is 2. The smallest absolute Gasteiger partial charge is 0.326 e. The molecule has 0 bridgehead atoms. The van der Waals surface area contributed by atoms with Crippen molar-refractivity contribution in [1.82, 2.24) is 9.88 Å². The van der Waals surface area contributed by atoms with Gasteiger partial charge in [0.25, 0.3) is 5.91 Å². The molecule has 0 aromatic carbocycles. The van der Waals surface area contributed by atoms with Gasteiger partial charge < -0.3 is 24.5 Å². The molecule has 1 atom stereocenters. The van der Waals surface area contributed by atoms with Gasteiger partial charge in [0.1, 0.15) is 11.7 Å². The number of hydrogen-bond acceptors (Lipinski definition) is 4. The molecule has 0 radical (unpaired) electrons. The highest BCUT2D eigenvalue weighted by Crippen LogP contribution is 2.04. The van der Waals surface area contributed by atoms with Crippen LogP contribution in [0.15, 0.2) is 18.3 Å². The Bertz CT molecular complexity index is 444. The average Bonchev–Trinajstić information content (AvgIpc) is 2.89. The van der Waals surface area contributed by atoms with Crippen molar-refractivity contribution in [3.05, 3.63) is 24.0 Å². The van der Waals surface area contributed by atoms with Crippen LogP contribution in [-0.4, -0.2) is 55.0 Å². The lowest BCUT2D eigenvalue weighted by Crippen LogP contribution is -2.42. The van der Waals surface area contributed by atoms with Crippen LogP contribution >= 0.6 is 0 Å². The Morgan fingerprint density at radius 2 is 2.05 bits per heavy atom. The van der Waals surface area contributed by atoms with Gasteiger partial charge in [-0.15, -0.1) is 0 Å². The fraction of sp³-hybridized carbons (Fsp3) is 0.538. The van der Waals surface area contributed by atoms with E-state index in [1.54, 1.807) is 30.0 Å². The molecule has 1 aromatic heterocycles. The van der Waals surface area contributed by atoms with E-state index < -0.39 is 17.9 Å². The zero-order valence-corrected chi connectivity index (χ0v) is 11.7. The Hall–Kier alpha value is -1.86. The Morgan fingerprint density at radius 1 is 1.35 bits per heavy atom. The number of hydrogen-bond donors (Lipinski definition) is 2. The van der Waals surface area contributed by atoms with Crippen LogP contribution in [0.4, 0.5) is 0 Å². The molecule has 112 valence electrons. The van der Waals surface area contributed by atoms with E-state index in [0.717, 1.165) is 0 Å². The Kier molecular flexibility index (Phi) is 6.75. The summed E-state index contributed by atoms with van der Waals surface area (Å²) in [7, 11) is 3.06. The summed E-state index contributed by atoms with van der Waals surface area (Å²) in [4.78, 5) is 23.2. The molecule has 1 rings (SSSR count). The van der Waals surface area contributed by atoms with E-state index in [1.165, 1.54) is 7.11 Å². The van der Waals surface area contributed by atoms with Crippen molar-refractivity contribution in [2.75, 3.05) is 27.4 Å². The molecular weight excluding hydrogens is 264 g/mol. The van der Waals surface area contributed by atoms with E-state index in [4.69, 9.17) is 14.6 Å². The zero-order chi connectivity index (χ0) is 15.0. The van der Waals surface area contributed by atoms with E-state index in [9.17, 15) is 9.59 Å². The quantitative estimate of drug-likeness (QED) is 0.683. The van der Waals surface area contributed by atoms with E-state index in [2.05, 4.69) is 5.32 Å². The molecule has 0 spiro atoms. The first-order chi connectivity index (χ1) is 9.60. The van der Waals surface area contributed by atoms with E-state index >= 15 is 0 Å². The topological polar surface area (TPSA) is 89.8 Å². The number of carbonyl (C=O) groups is 2. The van der Waals surface area contributed by atoms with Gasteiger partial charge in [0.15, 0.2) is 0 Å². The Labute approximate surface area is 117 Å². The summed E-state index contributed by atoms with van der Waals surface area (Å²) in [5.41, 5.74) is 0.408.